The summed E-state index contributed by atoms with van der Waals surface area (Å²) >= 11 is 0. The molecule has 1 aromatic rings. The highest BCUT2D eigenvalue weighted by atomic mass is 15.1. The summed E-state index contributed by atoms with van der Waals surface area (Å²) in [5.41, 5.74) is 2.87. The van der Waals surface area contributed by atoms with Crippen LogP contribution in [0, 0.1) is 0 Å². The van der Waals surface area contributed by atoms with E-state index in [9.17, 15) is 0 Å². The van der Waals surface area contributed by atoms with Crippen molar-refractivity contribution in [2.75, 3.05) is 13.1 Å². The molecule has 0 saturated carbocycles. The van der Waals surface area contributed by atoms with Gasteiger partial charge in [0.05, 0.1) is 0 Å². The van der Waals surface area contributed by atoms with Crippen molar-refractivity contribution < 1.29 is 0 Å². The molecule has 0 aliphatic heterocycles. The largest absolute Gasteiger partial charge is 0.308 e. The predicted molar refractivity (Wildman–Crippen MR) is 84.2 cm³/mol. The highest BCUT2D eigenvalue weighted by Crippen LogP contribution is 2.09. The second kappa shape index (κ2) is 7.46. The van der Waals surface area contributed by atoms with Crippen molar-refractivity contribution in [3.8, 4) is 0 Å². The zero-order valence-corrected chi connectivity index (χ0v) is 12.9. The monoisotopic (exact) mass is 260 g/mol. The van der Waals surface area contributed by atoms with Crippen molar-refractivity contribution in [3.63, 3.8) is 0 Å². The summed E-state index contributed by atoms with van der Waals surface area (Å²) in [6.07, 6.45) is 1.96. The van der Waals surface area contributed by atoms with Gasteiger partial charge in [0, 0.05) is 25.2 Å². The summed E-state index contributed by atoms with van der Waals surface area (Å²) < 4.78 is 0. The summed E-state index contributed by atoms with van der Waals surface area (Å²) in [6, 6.07) is 8.89. The first kappa shape index (κ1) is 15.9. The van der Waals surface area contributed by atoms with E-state index in [1.807, 2.05) is 6.08 Å². The molecule has 0 aliphatic rings. The van der Waals surface area contributed by atoms with E-state index in [0.29, 0.717) is 0 Å². The Balaban J connectivity index is 2.53. The minimum absolute atomic E-state index is 0.168. The van der Waals surface area contributed by atoms with E-state index in [2.05, 4.69) is 68.8 Å². The SMILES string of the molecule is C=CCN(CC)Cc1ccc(CNC(C)(C)C)cc1. The van der Waals surface area contributed by atoms with Gasteiger partial charge in [0.15, 0.2) is 0 Å². The summed E-state index contributed by atoms with van der Waals surface area (Å²) in [5.74, 6) is 0. The van der Waals surface area contributed by atoms with Gasteiger partial charge >= 0.3 is 0 Å². The minimum atomic E-state index is 0.168. The average molecular weight is 260 g/mol. The molecule has 0 aromatic heterocycles. The molecule has 106 valence electrons. The van der Waals surface area contributed by atoms with Crippen LogP contribution in [0.4, 0.5) is 0 Å². The van der Waals surface area contributed by atoms with Crippen molar-refractivity contribution in [2.24, 2.45) is 0 Å². The zero-order valence-electron chi connectivity index (χ0n) is 12.9. The number of benzene rings is 1. The third-order valence-corrected chi connectivity index (χ3v) is 3.09. The van der Waals surface area contributed by atoms with Crippen molar-refractivity contribution in [3.05, 3.63) is 48.0 Å². The van der Waals surface area contributed by atoms with Gasteiger partial charge in [0.1, 0.15) is 0 Å². The maximum Gasteiger partial charge on any atom is 0.0236 e. The van der Waals surface area contributed by atoms with Gasteiger partial charge in [-0.1, -0.05) is 37.3 Å². The maximum atomic E-state index is 3.80. The van der Waals surface area contributed by atoms with Gasteiger partial charge in [0.2, 0.25) is 0 Å². The van der Waals surface area contributed by atoms with Crippen molar-refractivity contribution >= 4 is 0 Å². The van der Waals surface area contributed by atoms with Crippen LogP contribution in [0.2, 0.25) is 0 Å². The van der Waals surface area contributed by atoms with E-state index >= 15 is 0 Å². The first-order valence-corrected chi connectivity index (χ1v) is 7.10. The van der Waals surface area contributed by atoms with E-state index in [-0.39, 0.29) is 5.54 Å². The highest BCUT2D eigenvalue weighted by molar-refractivity contribution is 5.22. The van der Waals surface area contributed by atoms with Gasteiger partial charge in [-0.15, -0.1) is 6.58 Å². The Kier molecular flexibility index (Phi) is 6.26. The Morgan fingerprint density at radius 2 is 1.74 bits per heavy atom. The van der Waals surface area contributed by atoms with E-state index in [0.717, 1.165) is 26.2 Å². The van der Waals surface area contributed by atoms with Crippen molar-refractivity contribution in [1.29, 1.82) is 0 Å². The van der Waals surface area contributed by atoms with Crippen LogP contribution in [0.5, 0.6) is 0 Å². The third kappa shape index (κ3) is 6.55. The van der Waals surface area contributed by atoms with Gasteiger partial charge in [-0.25, -0.2) is 0 Å². The molecule has 0 unspecified atom stereocenters. The predicted octanol–water partition coefficient (Wildman–Crippen LogP) is 3.58. The smallest absolute Gasteiger partial charge is 0.0236 e. The lowest BCUT2D eigenvalue weighted by Gasteiger charge is -2.21. The molecule has 0 atom stereocenters. The number of hydrogen-bond donors (Lipinski definition) is 1. The van der Waals surface area contributed by atoms with Crippen LogP contribution in [0.1, 0.15) is 38.8 Å². The highest BCUT2D eigenvalue weighted by Gasteiger charge is 2.08. The number of nitrogens with zero attached hydrogens (tertiary/aromatic N) is 1. The van der Waals surface area contributed by atoms with E-state index < -0.39 is 0 Å². The molecule has 2 heteroatoms. The summed E-state index contributed by atoms with van der Waals surface area (Å²) in [4.78, 5) is 2.37. The fourth-order valence-corrected chi connectivity index (χ4v) is 1.88. The second-order valence-electron chi connectivity index (χ2n) is 6.04. The lowest BCUT2D eigenvalue weighted by molar-refractivity contribution is 0.311. The van der Waals surface area contributed by atoms with Gasteiger partial charge in [-0.05, 0) is 38.4 Å². The molecule has 0 saturated heterocycles. The van der Waals surface area contributed by atoms with Crippen molar-refractivity contribution in [2.45, 2.75) is 46.3 Å². The second-order valence-corrected chi connectivity index (χ2v) is 6.04. The molecule has 1 N–H and O–H groups in total. The minimum Gasteiger partial charge on any atom is -0.308 e. The Hall–Kier alpha value is -1.12. The fraction of sp³-hybridized carbons (Fsp3) is 0.529. The van der Waals surface area contributed by atoms with Gasteiger partial charge < -0.3 is 5.32 Å². The van der Waals surface area contributed by atoms with E-state index in [4.69, 9.17) is 0 Å². The van der Waals surface area contributed by atoms with E-state index in [1.54, 1.807) is 0 Å². The van der Waals surface area contributed by atoms with Gasteiger partial charge in [-0.3, -0.25) is 4.90 Å². The molecule has 19 heavy (non-hydrogen) atoms. The fourth-order valence-electron chi connectivity index (χ4n) is 1.88. The summed E-state index contributed by atoms with van der Waals surface area (Å²) in [6.45, 7) is 16.5. The molecule has 0 amide bonds. The number of nitrogens with one attached hydrogen (secondary N) is 1. The van der Waals surface area contributed by atoms with Crippen molar-refractivity contribution in [1.82, 2.24) is 10.2 Å². The molecule has 0 radical (unpaired) electrons. The zero-order chi connectivity index (χ0) is 14.3. The number of rotatable bonds is 7. The summed E-state index contributed by atoms with van der Waals surface area (Å²) in [7, 11) is 0. The van der Waals surface area contributed by atoms with Crippen LogP contribution in [-0.4, -0.2) is 23.5 Å². The molecule has 0 aliphatic carbocycles. The lowest BCUT2D eigenvalue weighted by Crippen LogP contribution is -2.35. The molecule has 0 bridgehead atoms. The molecular weight excluding hydrogens is 232 g/mol. The molecule has 0 heterocycles. The summed E-state index contributed by atoms with van der Waals surface area (Å²) in [5, 5.41) is 3.51. The van der Waals surface area contributed by atoms with Crippen LogP contribution in [0.15, 0.2) is 36.9 Å². The van der Waals surface area contributed by atoms with Crippen LogP contribution >= 0.6 is 0 Å². The third-order valence-electron chi connectivity index (χ3n) is 3.09. The molecule has 1 aromatic carbocycles. The van der Waals surface area contributed by atoms with Crippen LogP contribution in [0.25, 0.3) is 0 Å². The quantitative estimate of drug-likeness (QED) is 0.754. The van der Waals surface area contributed by atoms with Crippen LogP contribution < -0.4 is 5.32 Å². The molecule has 0 spiro atoms. The standard InChI is InChI=1S/C17H28N2/c1-6-12-19(7-2)14-16-10-8-15(9-11-16)13-18-17(3,4)5/h6,8-11,18H,1,7,12-14H2,2-5H3. The molecule has 1 rings (SSSR count). The Labute approximate surface area is 118 Å². The lowest BCUT2D eigenvalue weighted by atomic mass is 10.1. The van der Waals surface area contributed by atoms with E-state index in [1.165, 1.54) is 11.1 Å². The Morgan fingerprint density at radius 1 is 1.16 bits per heavy atom. The number of hydrogen-bond acceptors (Lipinski definition) is 2. The van der Waals surface area contributed by atoms with Crippen LogP contribution in [-0.2, 0) is 13.1 Å². The average Bonchev–Trinajstić information content (AvgIpc) is 2.36. The number of likely N-dealkylation sites (N-methyl/N-ethyl adjacent to an activating group) is 1. The van der Waals surface area contributed by atoms with Crippen LogP contribution in [0.3, 0.4) is 0 Å². The molecule has 0 fully saturated rings. The first-order chi connectivity index (χ1) is 8.94. The Morgan fingerprint density at radius 3 is 2.21 bits per heavy atom. The first-order valence-electron chi connectivity index (χ1n) is 7.10. The maximum absolute atomic E-state index is 3.80. The Bertz CT molecular complexity index is 373. The molecule has 2 nitrogen and oxygen atoms in total. The van der Waals surface area contributed by atoms with Gasteiger partial charge in [0.25, 0.3) is 0 Å². The topological polar surface area (TPSA) is 15.3 Å². The molecular formula is C17H28N2. The normalized spacial score (nSPS) is 11.8. The van der Waals surface area contributed by atoms with Gasteiger partial charge in [-0.2, -0.15) is 0 Å².